The third-order valence-electron chi connectivity index (χ3n) is 4.72. The minimum absolute atomic E-state index is 0.0247. The van der Waals surface area contributed by atoms with Crippen molar-refractivity contribution < 1.29 is 23.2 Å². The van der Waals surface area contributed by atoms with Gasteiger partial charge in [0.25, 0.3) is 5.91 Å². The molecule has 0 aliphatic rings. The number of aromatic nitrogens is 1. The molecule has 178 valence electrons. The van der Waals surface area contributed by atoms with Crippen molar-refractivity contribution in [3.8, 4) is 0 Å². The minimum atomic E-state index is -1.23. The van der Waals surface area contributed by atoms with Crippen molar-refractivity contribution in [3.63, 3.8) is 0 Å². The van der Waals surface area contributed by atoms with Crippen LogP contribution in [0.25, 0.3) is 10.9 Å². The van der Waals surface area contributed by atoms with E-state index >= 15 is 0 Å². The summed E-state index contributed by atoms with van der Waals surface area (Å²) >= 11 is 15.3. The topological polar surface area (TPSA) is 92.2 Å². The van der Waals surface area contributed by atoms with E-state index in [1.165, 1.54) is 24.3 Å². The molecule has 3 amide bonds. The summed E-state index contributed by atoms with van der Waals surface area (Å²) in [6.07, 6.45) is 0. The van der Waals surface area contributed by atoms with Crippen molar-refractivity contribution in [2.45, 2.75) is 0 Å². The molecule has 0 saturated carbocycles. The normalized spacial score (nSPS) is 10.8. The first-order valence-corrected chi connectivity index (χ1v) is 11.3. The number of nitrogens with one attached hydrogen (secondary N) is 3. The van der Waals surface area contributed by atoms with Crippen molar-refractivity contribution >= 4 is 79.1 Å². The van der Waals surface area contributed by atoms with Crippen molar-refractivity contribution in [3.05, 3.63) is 92.5 Å². The van der Waals surface area contributed by atoms with Crippen molar-refractivity contribution in [2.24, 2.45) is 0 Å². The number of nitrogens with zero attached hydrogens (tertiary/aromatic N) is 1. The number of carbonyl (C=O) groups is 3. The number of rotatable bonds is 4. The van der Waals surface area contributed by atoms with Gasteiger partial charge in [-0.1, -0.05) is 39.1 Å². The maximum absolute atomic E-state index is 13.9. The molecular formula is C23H13BrCl2F2N4O3. The molecular weight excluding hydrogens is 569 g/mol. The zero-order chi connectivity index (χ0) is 25.3. The number of halogens is 5. The number of anilines is 2. The van der Waals surface area contributed by atoms with Crippen LogP contribution in [0.2, 0.25) is 10.0 Å². The molecule has 3 aromatic carbocycles. The number of carbonyl (C=O) groups excluding carboxylic acids is 3. The Bertz CT molecular complexity index is 1490. The van der Waals surface area contributed by atoms with Gasteiger partial charge in [0, 0.05) is 31.7 Å². The SMILES string of the molecule is O=C(Nc1ccc(F)cc1F)C(=O)Nn1c(C(=O)Nc2cc(Cl)cc(Cl)c2)cc2cc(Br)ccc21. The van der Waals surface area contributed by atoms with Crippen molar-refractivity contribution in [1.82, 2.24) is 4.68 Å². The first-order valence-electron chi connectivity index (χ1n) is 9.76. The predicted molar refractivity (Wildman–Crippen MR) is 133 cm³/mol. The number of hydrogen-bond donors (Lipinski definition) is 3. The highest BCUT2D eigenvalue weighted by Crippen LogP contribution is 2.26. The number of fused-ring (bicyclic) bond motifs is 1. The third-order valence-corrected chi connectivity index (χ3v) is 5.65. The molecule has 0 aliphatic heterocycles. The smallest absolute Gasteiger partial charge is 0.321 e. The van der Waals surface area contributed by atoms with Crippen LogP contribution < -0.4 is 16.1 Å². The standard InChI is InChI=1S/C23H13BrCl2F2N4O3/c24-12-1-4-19-11(5-12)6-20(21(33)29-16-8-13(25)7-14(26)9-16)32(19)31-23(35)22(34)30-18-3-2-15(27)10-17(18)28/h1-10H,(H,29,33)(H,30,34)(H,31,35). The fraction of sp³-hybridized carbons (Fsp3) is 0. The summed E-state index contributed by atoms with van der Waals surface area (Å²) in [6, 6.07) is 13.4. The Morgan fingerprint density at radius 3 is 2.23 bits per heavy atom. The first kappa shape index (κ1) is 24.6. The summed E-state index contributed by atoms with van der Waals surface area (Å²) < 4.78 is 28.8. The maximum Gasteiger partial charge on any atom is 0.328 e. The summed E-state index contributed by atoms with van der Waals surface area (Å²) in [5, 5.41) is 5.87. The van der Waals surface area contributed by atoms with Gasteiger partial charge in [-0.2, -0.15) is 0 Å². The molecule has 1 heterocycles. The van der Waals surface area contributed by atoms with Crippen LogP contribution in [0.15, 0.2) is 65.1 Å². The largest absolute Gasteiger partial charge is 0.328 e. The van der Waals surface area contributed by atoms with Crippen LogP contribution in [0.4, 0.5) is 20.2 Å². The quantitative estimate of drug-likeness (QED) is 0.260. The lowest BCUT2D eigenvalue weighted by Crippen LogP contribution is -2.36. The Hall–Kier alpha value is -3.47. The van der Waals surface area contributed by atoms with Crippen LogP contribution in [-0.2, 0) is 9.59 Å². The summed E-state index contributed by atoms with van der Waals surface area (Å²) in [6.45, 7) is 0. The average Bonchev–Trinajstić information content (AvgIpc) is 3.12. The van der Waals surface area contributed by atoms with Gasteiger partial charge < -0.3 is 10.6 Å². The van der Waals surface area contributed by atoms with E-state index in [1.54, 1.807) is 18.2 Å². The van der Waals surface area contributed by atoms with Gasteiger partial charge in [-0.25, -0.2) is 13.5 Å². The lowest BCUT2D eigenvalue weighted by molar-refractivity contribution is -0.133. The molecule has 0 atom stereocenters. The van der Waals surface area contributed by atoms with Crippen molar-refractivity contribution in [2.75, 3.05) is 16.1 Å². The van der Waals surface area contributed by atoms with E-state index < -0.39 is 29.4 Å². The molecule has 0 unspecified atom stereocenters. The van der Waals surface area contributed by atoms with Crippen LogP contribution in [0.1, 0.15) is 10.5 Å². The van der Waals surface area contributed by atoms with E-state index in [-0.39, 0.29) is 11.4 Å². The molecule has 0 fully saturated rings. The summed E-state index contributed by atoms with van der Waals surface area (Å²) in [4.78, 5) is 38.1. The highest BCUT2D eigenvalue weighted by atomic mass is 79.9. The fourth-order valence-electron chi connectivity index (χ4n) is 3.22. The molecule has 35 heavy (non-hydrogen) atoms. The molecule has 12 heteroatoms. The monoisotopic (exact) mass is 580 g/mol. The van der Waals surface area contributed by atoms with E-state index in [1.807, 2.05) is 0 Å². The Labute approximate surface area is 215 Å². The number of benzene rings is 3. The second-order valence-corrected chi connectivity index (χ2v) is 8.99. The van der Waals surface area contributed by atoms with Gasteiger partial charge in [-0.3, -0.25) is 19.8 Å². The van der Waals surface area contributed by atoms with Gasteiger partial charge in [0.2, 0.25) is 0 Å². The van der Waals surface area contributed by atoms with Crippen molar-refractivity contribution in [1.29, 1.82) is 0 Å². The van der Waals surface area contributed by atoms with E-state index in [0.717, 1.165) is 16.8 Å². The second kappa shape index (κ2) is 10.0. The second-order valence-electron chi connectivity index (χ2n) is 7.20. The van der Waals surface area contributed by atoms with Gasteiger partial charge in [0.1, 0.15) is 17.3 Å². The van der Waals surface area contributed by atoms with E-state index in [4.69, 9.17) is 23.2 Å². The molecule has 0 radical (unpaired) electrons. The Morgan fingerprint density at radius 2 is 1.54 bits per heavy atom. The van der Waals surface area contributed by atoms with Gasteiger partial charge in [0.05, 0.1) is 11.2 Å². The van der Waals surface area contributed by atoms with Crippen LogP contribution in [-0.4, -0.2) is 22.4 Å². The third kappa shape index (κ3) is 5.61. The molecule has 0 aliphatic carbocycles. The molecule has 0 spiro atoms. The van der Waals surface area contributed by atoms with Gasteiger partial charge in [-0.15, -0.1) is 0 Å². The minimum Gasteiger partial charge on any atom is -0.321 e. The molecule has 0 bridgehead atoms. The molecule has 1 aromatic heterocycles. The lowest BCUT2D eigenvalue weighted by Gasteiger charge is -2.13. The van der Waals surface area contributed by atoms with E-state index in [2.05, 4.69) is 32.0 Å². The van der Waals surface area contributed by atoms with Crippen LogP contribution in [0.3, 0.4) is 0 Å². The van der Waals surface area contributed by atoms with E-state index in [9.17, 15) is 23.2 Å². The Balaban J connectivity index is 1.64. The van der Waals surface area contributed by atoms with Crippen LogP contribution in [0, 0.1) is 11.6 Å². The molecule has 4 aromatic rings. The van der Waals surface area contributed by atoms with Gasteiger partial charge in [0.15, 0.2) is 0 Å². The summed E-state index contributed by atoms with van der Waals surface area (Å²) in [5.41, 5.74) is 2.63. The fourth-order valence-corrected chi connectivity index (χ4v) is 4.12. The number of amides is 3. The molecule has 3 N–H and O–H groups in total. The zero-order valence-electron chi connectivity index (χ0n) is 17.3. The summed E-state index contributed by atoms with van der Waals surface area (Å²) in [7, 11) is 0. The lowest BCUT2D eigenvalue weighted by atomic mass is 10.2. The van der Waals surface area contributed by atoms with Crippen LogP contribution >= 0.6 is 39.1 Å². The first-order chi connectivity index (χ1) is 16.6. The average molecular weight is 582 g/mol. The highest BCUT2D eigenvalue weighted by molar-refractivity contribution is 9.10. The van der Waals surface area contributed by atoms with E-state index in [0.29, 0.717) is 37.2 Å². The predicted octanol–water partition coefficient (Wildman–Crippen LogP) is 5.95. The maximum atomic E-state index is 13.9. The Morgan fingerprint density at radius 1 is 0.829 bits per heavy atom. The number of hydrogen-bond acceptors (Lipinski definition) is 3. The van der Waals surface area contributed by atoms with Gasteiger partial charge in [-0.05, 0) is 54.6 Å². The Kier molecular flexibility index (Phi) is 7.06. The molecule has 4 rings (SSSR count). The summed E-state index contributed by atoms with van der Waals surface area (Å²) in [5.74, 6) is -4.97. The molecule has 0 saturated heterocycles. The zero-order valence-corrected chi connectivity index (χ0v) is 20.4. The molecule has 7 nitrogen and oxygen atoms in total. The van der Waals surface area contributed by atoms with Crippen LogP contribution in [0.5, 0.6) is 0 Å². The van der Waals surface area contributed by atoms with Gasteiger partial charge >= 0.3 is 11.8 Å². The highest BCUT2D eigenvalue weighted by Gasteiger charge is 2.22.